The van der Waals surface area contributed by atoms with Gasteiger partial charge in [0.2, 0.25) is 5.91 Å². The number of carbonyl (C=O) groups excluding carboxylic acids is 2. The Morgan fingerprint density at radius 3 is 0.789 bits per heavy atom. The maximum atomic E-state index is 12.6. The van der Waals surface area contributed by atoms with Crippen molar-refractivity contribution in [3.05, 3.63) is 24.3 Å². The third-order valence-corrected chi connectivity index (χ3v) is 19.7. The Bertz CT molecular complexity index is 1410. The summed E-state index contributed by atoms with van der Waals surface area (Å²) in [5.74, 6) is -0.0100. The summed E-state index contributed by atoms with van der Waals surface area (Å²) in [6.45, 7) is 5.00. The van der Waals surface area contributed by atoms with E-state index in [-0.39, 0.29) is 18.5 Å². The van der Waals surface area contributed by atoms with Crippen LogP contribution < -0.4 is 5.32 Å². The maximum absolute atomic E-state index is 12.6. The fourth-order valence-electron chi connectivity index (χ4n) is 13.4. The van der Waals surface area contributed by atoms with E-state index in [2.05, 4.69) is 43.5 Å². The number of aliphatic hydroxyl groups excluding tert-OH is 2. The summed E-state index contributed by atoms with van der Waals surface area (Å²) < 4.78 is 5.50. The lowest BCUT2D eigenvalue weighted by Crippen LogP contribution is -2.45. The van der Waals surface area contributed by atoms with E-state index in [1.165, 1.54) is 398 Å². The number of hydrogen-bond acceptors (Lipinski definition) is 5. The van der Waals surface area contributed by atoms with Crippen molar-refractivity contribution in [1.82, 2.24) is 5.32 Å². The van der Waals surface area contributed by atoms with Crippen LogP contribution in [0, 0.1) is 0 Å². The molecule has 534 valence electrons. The Balaban J connectivity index is 3.32. The van der Waals surface area contributed by atoms with Gasteiger partial charge in [0.1, 0.15) is 0 Å². The second kappa shape index (κ2) is 79.8. The number of ether oxygens (including phenoxy) is 1. The summed E-state index contributed by atoms with van der Waals surface area (Å²) in [7, 11) is 0. The van der Waals surface area contributed by atoms with E-state index >= 15 is 0 Å². The van der Waals surface area contributed by atoms with Crippen molar-refractivity contribution in [1.29, 1.82) is 0 Å². The first-order chi connectivity index (χ1) is 44.5. The zero-order valence-electron chi connectivity index (χ0n) is 61.4. The van der Waals surface area contributed by atoms with Crippen LogP contribution in [0.1, 0.15) is 476 Å². The number of hydrogen-bond donors (Lipinski definition) is 3. The fraction of sp³-hybridized carbons (Fsp3) is 0.929. The van der Waals surface area contributed by atoms with Gasteiger partial charge < -0.3 is 20.3 Å². The molecule has 3 N–H and O–H groups in total. The van der Waals surface area contributed by atoms with Crippen LogP contribution in [0.2, 0.25) is 0 Å². The summed E-state index contributed by atoms with van der Waals surface area (Å²) in [5.41, 5.74) is 0. The Labute approximate surface area is 564 Å². The first-order valence-electron chi connectivity index (χ1n) is 41.6. The van der Waals surface area contributed by atoms with Gasteiger partial charge in [0, 0.05) is 12.8 Å². The SMILES string of the molecule is CCCCCCCC/C=C\CCCCCCCC(=O)OCCCCCCCCCCCCCCCCCCCC/C=C\CCCCCCCCCCCCCCCCCCCC(=O)NC(CO)C(O)CCCCCCCCCCCCCCCCCCCCC. The third kappa shape index (κ3) is 75.4. The van der Waals surface area contributed by atoms with Gasteiger partial charge in [-0.2, -0.15) is 0 Å². The van der Waals surface area contributed by atoms with Crippen molar-refractivity contribution in [2.24, 2.45) is 0 Å². The van der Waals surface area contributed by atoms with Crippen LogP contribution in [0.4, 0.5) is 0 Å². The van der Waals surface area contributed by atoms with Gasteiger partial charge in [0.05, 0.1) is 25.4 Å². The van der Waals surface area contributed by atoms with Gasteiger partial charge in [0.25, 0.3) is 0 Å². The molecule has 0 aliphatic heterocycles. The van der Waals surface area contributed by atoms with Crippen LogP contribution in [0.25, 0.3) is 0 Å². The zero-order valence-corrected chi connectivity index (χ0v) is 61.4. The Morgan fingerprint density at radius 2 is 0.522 bits per heavy atom. The highest BCUT2D eigenvalue weighted by Crippen LogP contribution is 2.20. The highest BCUT2D eigenvalue weighted by Gasteiger charge is 2.20. The molecule has 0 aromatic carbocycles. The van der Waals surface area contributed by atoms with Crippen molar-refractivity contribution in [2.45, 2.75) is 488 Å². The number of esters is 1. The standard InChI is InChI=1S/C84H163NO5/c1-3-5-7-9-11-13-15-17-19-20-42-45-49-52-56-60-64-68-72-76-82(87)81(80-86)85-83(88)77-73-69-65-61-57-53-50-46-43-40-38-36-34-32-30-28-26-24-22-21-23-25-27-29-31-33-35-37-39-41-44-47-51-55-59-63-67-71-75-79-90-84(89)78-74-70-66-62-58-54-48-18-16-14-12-10-8-6-4-2/h18,21-22,48,81-82,86-87H,3-17,19-20,23-47,49-80H2,1-2H3,(H,85,88)/b22-21-,48-18-. The first-order valence-corrected chi connectivity index (χ1v) is 41.6. The molecule has 0 bridgehead atoms. The van der Waals surface area contributed by atoms with E-state index < -0.39 is 12.1 Å². The molecule has 1 amide bonds. The number of rotatable bonds is 79. The van der Waals surface area contributed by atoms with Crippen molar-refractivity contribution in [3.8, 4) is 0 Å². The average Bonchev–Trinajstić information content (AvgIpc) is 3.62. The largest absolute Gasteiger partial charge is 0.466 e. The van der Waals surface area contributed by atoms with Crippen LogP contribution in [0.3, 0.4) is 0 Å². The van der Waals surface area contributed by atoms with Gasteiger partial charge in [-0.15, -0.1) is 0 Å². The van der Waals surface area contributed by atoms with Crippen LogP contribution in [-0.4, -0.2) is 47.4 Å². The molecule has 6 heteroatoms. The Hall–Kier alpha value is -1.66. The van der Waals surface area contributed by atoms with E-state index in [9.17, 15) is 19.8 Å². The lowest BCUT2D eigenvalue weighted by Gasteiger charge is -2.22. The van der Waals surface area contributed by atoms with Gasteiger partial charge in [-0.3, -0.25) is 9.59 Å². The number of aliphatic hydroxyl groups is 2. The van der Waals surface area contributed by atoms with Crippen molar-refractivity contribution in [2.75, 3.05) is 13.2 Å². The second-order valence-corrected chi connectivity index (χ2v) is 28.8. The molecule has 0 fully saturated rings. The fourth-order valence-corrected chi connectivity index (χ4v) is 13.4. The topological polar surface area (TPSA) is 95.9 Å². The zero-order chi connectivity index (χ0) is 64.9. The molecule has 0 heterocycles. The third-order valence-electron chi connectivity index (χ3n) is 19.7. The quantitative estimate of drug-likeness (QED) is 0.0320. The summed E-state index contributed by atoms with van der Waals surface area (Å²) in [4.78, 5) is 24.6. The molecule has 2 atom stereocenters. The monoisotopic (exact) mass is 1270 g/mol. The molecule has 0 aromatic heterocycles. The molecular formula is C84H163NO5. The molecule has 90 heavy (non-hydrogen) atoms. The van der Waals surface area contributed by atoms with Crippen molar-refractivity contribution in [3.63, 3.8) is 0 Å². The molecule has 0 spiro atoms. The van der Waals surface area contributed by atoms with Crippen LogP contribution in [0.15, 0.2) is 24.3 Å². The lowest BCUT2D eigenvalue weighted by atomic mass is 10.0. The number of amides is 1. The van der Waals surface area contributed by atoms with Crippen molar-refractivity contribution >= 4 is 11.9 Å². The van der Waals surface area contributed by atoms with Crippen LogP contribution in [-0.2, 0) is 14.3 Å². The number of nitrogens with one attached hydrogen (secondary N) is 1. The predicted octanol–water partition coefficient (Wildman–Crippen LogP) is 27.6. The smallest absolute Gasteiger partial charge is 0.305 e. The minimum atomic E-state index is -0.662. The summed E-state index contributed by atoms with van der Waals surface area (Å²) in [6.07, 6.45) is 103. The predicted molar refractivity (Wildman–Crippen MR) is 398 cm³/mol. The Morgan fingerprint density at radius 1 is 0.300 bits per heavy atom. The summed E-state index contributed by atoms with van der Waals surface area (Å²) in [6, 6.07) is -0.539. The van der Waals surface area contributed by atoms with Crippen LogP contribution >= 0.6 is 0 Å². The van der Waals surface area contributed by atoms with Gasteiger partial charge in [-0.1, -0.05) is 411 Å². The summed E-state index contributed by atoms with van der Waals surface area (Å²) in [5, 5.41) is 23.4. The molecular weight excluding hydrogens is 1100 g/mol. The highest BCUT2D eigenvalue weighted by atomic mass is 16.5. The molecule has 0 aromatic rings. The molecule has 0 aliphatic carbocycles. The highest BCUT2D eigenvalue weighted by molar-refractivity contribution is 5.76. The number of unbranched alkanes of at least 4 members (excludes halogenated alkanes) is 64. The minimum absolute atomic E-state index is 0.0155. The maximum Gasteiger partial charge on any atom is 0.305 e. The molecule has 0 radical (unpaired) electrons. The van der Waals surface area contributed by atoms with E-state index in [0.29, 0.717) is 25.9 Å². The summed E-state index contributed by atoms with van der Waals surface area (Å²) >= 11 is 0. The van der Waals surface area contributed by atoms with Crippen LogP contribution in [0.5, 0.6) is 0 Å². The Kier molecular flexibility index (Phi) is 78.3. The molecule has 6 nitrogen and oxygen atoms in total. The van der Waals surface area contributed by atoms with E-state index in [1.54, 1.807) is 0 Å². The number of carbonyl (C=O) groups is 2. The average molecular weight is 1270 g/mol. The van der Waals surface area contributed by atoms with Gasteiger partial charge >= 0.3 is 5.97 Å². The van der Waals surface area contributed by atoms with Gasteiger partial charge in [-0.25, -0.2) is 0 Å². The normalized spacial score (nSPS) is 12.5. The lowest BCUT2D eigenvalue weighted by molar-refractivity contribution is -0.143. The molecule has 0 saturated heterocycles. The van der Waals surface area contributed by atoms with Gasteiger partial charge in [-0.05, 0) is 77.0 Å². The minimum Gasteiger partial charge on any atom is -0.466 e. The van der Waals surface area contributed by atoms with Gasteiger partial charge in [0.15, 0.2) is 0 Å². The molecule has 0 rings (SSSR count). The molecule has 0 aliphatic rings. The number of allylic oxidation sites excluding steroid dienone is 4. The van der Waals surface area contributed by atoms with E-state index in [0.717, 1.165) is 44.9 Å². The molecule has 2 unspecified atom stereocenters. The van der Waals surface area contributed by atoms with E-state index in [1.807, 2.05) is 0 Å². The molecule has 0 saturated carbocycles. The van der Waals surface area contributed by atoms with Crippen molar-refractivity contribution < 1.29 is 24.5 Å². The second-order valence-electron chi connectivity index (χ2n) is 28.8. The first kappa shape index (κ1) is 88.3. The van der Waals surface area contributed by atoms with E-state index in [4.69, 9.17) is 4.74 Å².